The van der Waals surface area contributed by atoms with Gasteiger partial charge in [-0.05, 0) is 53.4 Å². The topological polar surface area (TPSA) is 111 Å². The number of rotatable bonds is 12. The molecule has 1 amide bonds. The Hall–Kier alpha value is -4.56. The van der Waals surface area contributed by atoms with E-state index in [0.29, 0.717) is 33.8 Å². The zero-order valence-corrected chi connectivity index (χ0v) is 23.0. The number of para-hydroxylation sites is 1. The normalized spacial score (nSPS) is 11.8. The van der Waals surface area contributed by atoms with E-state index >= 15 is 0 Å². The molecule has 4 rings (SSSR count). The van der Waals surface area contributed by atoms with Crippen molar-refractivity contribution in [3.63, 3.8) is 0 Å². The van der Waals surface area contributed by atoms with Crippen molar-refractivity contribution in [1.82, 2.24) is 4.57 Å². The quantitative estimate of drug-likeness (QED) is 0.250. The molecule has 0 saturated carbocycles. The number of hydrogen-bond donors (Lipinski definition) is 2. The summed E-state index contributed by atoms with van der Waals surface area (Å²) in [4.78, 5) is 37.7. The van der Waals surface area contributed by atoms with Crippen LogP contribution in [0, 0.1) is 5.82 Å². The molecule has 4 aromatic rings. The number of hydrogen-bond acceptors (Lipinski definition) is 5. The molecule has 0 bridgehead atoms. The monoisotopic (exact) mass is 555 g/mol. The molecule has 0 aliphatic rings. The van der Waals surface area contributed by atoms with Gasteiger partial charge in [-0.1, -0.05) is 62.4 Å². The lowest BCUT2D eigenvalue weighted by molar-refractivity contribution is -0.307. The smallest absolute Gasteiger partial charge is 0.258 e. The largest absolute Gasteiger partial charge is 0.550 e. The van der Waals surface area contributed by atoms with E-state index in [-0.39, 0.29) is 37.0 Å². The van der Waals surface area contributed by atoms with Gasteiger partial charge in [0, 0.05) is 48.7 Å². The van der Waals surface area contributed by atoms with Crippen molar-refractivity contribution < 1.29 is 29.0 Å². The molecule has 0 saturated heterocycles. The van der Waals surface area contributed by atoms with Gasteiger partial charge in [0.1, 0.15) is 11.6 Å². The van der Waals surface area contributed by atoms with Crippen LogP contribution >= 0.6 is 0 Å². The number of nitrogens with one attached hydrogen (secondary N) is 1. The number of anilines is 1. The first-order chi connectivity index (χ1) is 19.7. The van der Waals surface area contributed by atoms with Crippen molar-refractivity contribution in [2.45, 2.75) is 51.7 Å². The number of aliphatic hydroxyl groups is 1. The van der Waals surface area contributed by atoms with Crippen LogP contribution in [0.1, 0.15) is 55.1 Å². The molecule has 0 aliphatic heterocycles. The maximum absolute atomic E-state index is 14.0. The summed E-state index contributed by atoms with van der Waals surface area (Å²) in [6.45, 7) is 4.08. The number of carbonyl (C=O) groups is 3. The van der Waals surface area contributed by atoms with Crippen molar-refractivity contribution in [2.75, 3.05) is 5.32 Å². The number of halogens is 1. The lowest BCUT2D eigenvalue weighted by Crippen LogP contribution is -2.28. The van der Waals surface area contributed by atoms with E-state index < -0.39 is 24.3 Å². The molecule has 7 nitrogen and oxygen atoms in total. The number of carboxylic acid groups (broad SMARTS) is 1. The van der Waals surface area contributed by atoms with Crippen LogP contribution < -0.4 is 10.4 Å². The van der Waals surface area contributed by atoms with Crippen molar-refractivity contribution in [3.05, 3.63) is 102 Å². The number of benzene rings is 3. The van der Waals surface area contributed by atoms with Crippen LogP contribution in [-0.2, 0) is 16.1 Å². The van der Waals surface area contributed by atoms with Crippen LogP contribution in [0.2, 0.25) is 0 Å². The molecule has 2 N–H and O–H groups in total. The third-order valence-electron chi connectivity index (χ3n) is 6.77. The number of ketones is 1. The molecule has 0 fully saturated rings. The van der Waals surface area contributed by atoms with Gasteiger partial charge in [0.25, 0.3) is 5.91 Å². The molecular weight excluding hydrogens is 523 g/mol. The van der Waals surface area contributed by atoms with Gasteiger partial charge >= 0.3 is 0 Å². The number of amides is 1. The molecule has 0 spiro atoms. The summed E-state index contributed by atoms with van der Waals surface area (Å²) in [5, 5.41) is 23.8. The second-order valence-electron chi connectivity index (χ2n) is 10.2. The summed E-state index contributed by atoms with van der Waals surface area (Å²) in [5.41, 5.74) is 4.51. The van der Waals surface area contributed by atoms with Crippen LogP contribution in [0.15, 0.2) is 84.9 Å². The third kappa shape index (κ3) is 7.15. The summed E-state index contributed by atoms with van der Waals surface area (Å²) in [6, 6.07) is 24.5. The Kier molecular flexibility index (Phi) is 9.47. The second-order valence-corrected chi connectivity index (χ2v) is 10.2. The second kappa shape index (κ2) is 13.2. The standard InChI is InChI=1S/C33H33FN2O5/c1-21(2)31-30(33(41)35-25-11-7-4-8-12-25)29(22-9-5-3-6-10-22)32(23-13-15-24(34)16-14-23)36(31)18-17-26(37)19-27(38)20-28(39)40/h3-16,21,27,38H,17-20H2,1-2H3,(H,35,41)(H,39,40)/p-1/t27-/m1/s1. The van der Waals surface area contributed by atoms with E-state index in [1.165, 1.54) is 12.1 Å². The molecular formula is C33H32FN2O5-. The predicted octanol–water partition coefficient (Wildman–Crippen LogP) is 5.19. The van der Waals surface area contributed by atoms with Gasteiger partial charge in [-0.25, -0.2) is 4.39 Å². The lowest BCUT2D eigenvalue weighted by atomic mass is 9.94. The zero-order valence-electron chi connectivity index (χ0n) is 23.0. The van der Waals surface area contributed by atoms with Crippen LogP contribution in [-0.4, -0.2) is 33.4 Å². The van der Waals surface area contributed by atoms with Crippen molar-refractivity contribution in [1.29, 1.82) is 0 Å². The van der Waals surface area contributed by atoms with E-state index in [2.05, 4.69) is 5.32 Å². The summed E-state index contributed by atoms with van der Waals surface area (Å²) in [7, 11) is 0. The number of aliphatic carboxylic acids is 1. The third-order valence-corrected chi connectivity index (χ3v) is 6.77. The van der Waals surface area contributed by atoms with Crippen LogP contribution in [0.4, 0.5) is 10.1 Å². The highest BCUT2D eigenvalue weighted by molar-refractivity contribution is 6.12. The minimum absolute atomic E-state index is 0.0132. The molecule has 1 heterocycles. The van der Waals surface area contributed by atoms with Gasteiger partial charge in [0.05, 0.1) is 17.4 Å². The Balaban J connectivity index is 1.90. The van der Waals surface area contributed by atoms with Gasteiger partial charge < -0.3 is 24.9 Å². The minimum atomic E-state index is -1.43. The van der Waals surface area contributed by atoms with Crippen LogP contribution in [0.5, 0.6) is 0 Å². The molecule has 0 radical (unpaired) electrons. The van der Waals surface area contributed by atoms with Crippen LogP contribution in [0.25, 0.3) is 22.4 Å². The first-order valence-electron chi connectivity index (χ1n) is 13.5. The number of nitrogens with zero attached hydrogens (tertiary/aromatic N) is 1. The first kappa shape index (κ1) is 29.4. The zero-order chi connectivity index (χ0) is 29.5. The number of aromatic nitrogens is 1. The highest BCUT2D eigenvalue weighted by Gasteiger charge is 2.30. The molecule has 0 unspecified atom stereocenters. The van der Waals surface area contributed by atoms with Gasteiger partial charge in [-0.15, -0.1) is 0 Å². The maximum Gasteiger partial charge on any atom is 0.258 e. The molecule has 8 heteroatoms. The number of carboxylic acids is 1. The number of aliphatic hydroxyl groups excluding tert-OH is 1. The number of carbonyl (C=O) groups excluding carboxylic acids is 3. The van der Waals surface area contributed by atoms with Crippen molar-refractivity contribution >= 4 is 23.3 Å². The fourth-order valence-electron chi connectivity index (χ4n) is 5.07. The van der Waals surface area contributed by atoms with Gasteiger partial charge in [0.15, 0.2) is 0 Å². The van der Waals surface area contributed by atoms with E-state index in [1.807, 2.05) is 66.9 Å². The molecule has 0 aliphatic carbocycles. The Bertz CT molecular complexity index is 1510. The Morgan fingerprint density at radius 2 is 1.49 bits per heavy atom. The summed E-state index contributed by atoms with van der Waals surface area (Å²) in [5.74, 6) is -2.64. The Morgan fingerprint density at radius 1 is 0.878 bits per heavy atom. The van der Waals surface area contributed by atoms with E-state index in [9.17, 15) is 29.0 Å². The lowest BCUT2D eigenvalue weighted by Gasteiger charge is -2.18. The molecule has 1 aromatic heterocycles. The van der Waals surface area contributed by atoms with E-state index in [0.717, 1.165) is 5.56 Å². The molecule has 41 heavy (non-hydrogen) atoms. The highest BCUT2D eigenvalue weighted by atomic mass is 19.1. The summed E-state index contributed by atoms with van der Waals surface area (Å²) < 4.78 is 15.9. The highest BCUT2D eigenvalue weighted by Crippen LogP contribution is 2.42. The van der Waals surface area contributed by atoms with Crippen molar-refractivity contribution in [2.24, 2.45) is 0 Å². The Labute approximate surface area is 238 Å². The molecule has 1 atom stereocenters. The van der Waals surface area contributed by atoms with Crippen molar-refractivity contribution in [3.8, 4) is 22.4 Å². The van der Waals surface area contributed by atoms with E-state index in [1.54, 1.807) is 24.3 Å². The van der Waals surface area contributed by atoms with Gasteiger partial charge in [0.2, 0.25) is 0 Å². The predicted molar refractivity (Wildman–Crippen MR) is 154 cm³/mol. The molecule has 3 aromatic carbocycles. The maximum atomic E-state index is 14.0. The average molecular weight is 556 g/mol. The fraction of sp³-hybridized carbons (Fsp3) is 0.242. The number of Topliss-reactive ketones (excluding diaryl/α,β-unsaturated/α-hetero) is 1. The van der Waals surface area contributed by atoms with E-state index in [4.69, 9.17) is 0 Å². The fourth-order valence-corrected chi connectivity index (χ4v) is 5.07. The first-order valence-corrected chi connectivity index (χ1v) is 13.5. The summed E-state index contributed by atoms with van der Waals surface area (Å²) >= 11 is 0. The van der Waals surface area contributed by atoms with Crippen LogP contribution in [0.3, 0.4) is 0 Å². The average Bonchev–Trinajstić information content (AvgIpc) is 3.28. The Morgan fingerprint density at radius 3 is 2.07 bits per heavy atom. The minimum Gasteiger partial charge on any atom is -0.550 e. The summed E-state index contributed by atoms with van der Waals surface area (Å²) in [6.07, 6.45) is -2.31. The SMILES string of the molecule is CC(C)c1c(C(=O)Nc2ccccc2)c(-c2ccccc2)c(-c2ccc(F)cc2)n1CCC(=O)C[C@@H](O)CC(=O)[O-]. The molecule has 212 valence electrons. The van der Waals surface area contributed by atoms with Gasteiger partial charge in [-0.2, -0.15) is 0 Å². The van der Waals surface area contributed by atoms with Gasteiger partial charge in [-0.3, -0.25) is 9.59 Å².